The molecule has 0 unspecified atom stereocenters. The number of oxazole rings is 1. The van der Waals surface area contributed by atoms with Crippen LogP contribution in [-0.2, 0) is 6.54 Å². The Labute approximate surface area is 157 Å². The summed E-state index contributed by atoms with van der Waals surface area (Å²) in [6.45, 7) is 6.80. The topological polar surface area (TPSA) is 41.7 Å². The van der Waals surface area contributed by atoms with E-state index in [1.807, 2.05) is 36.6 Å². The summed E-state index contributed by atoms with van der Waals surface area (Å²) in [6, 6.07) is 12.3. The van der Waals surface area contributed by atoms with Gasteiger partial charge in [-0.25, -0.2) is 4.98 Å². The van der Waals surface area contributed by atoms with Gasteiger partial charge in [-0.2, -0.15) is 0 Å². The molecular formula is C20H23N3O2S. The summed E-state index contributed by atoms with van der Waals surface area (Å²) in [6.07, 6.45) is 0. The number of para-hydroxylation sites is 2. The summed E-state index contributed by atoms with van der Waals surface area (Å²) in [5.74, 6) is 2.59. The number of aromatic nitrogens is 1. The van der Waals surface area contributed by atoms with Gasteiger partial charge in [-0.1, -0.05) is 18.2 Å². The summed E-state index contributed by atoms with van der Waals surface area (Å²) < 4.78 is 11.4. The number of rotatable bonds is 5. The first-order valence-corrected chi connectivity index (χ1v) is 9.73. The fraction of sp³-hybridized carbons (Fsp3) is 0.350. The molecule has 0 spiro atoms. The van der Waals surface area contributed by atoms with Gasteiger partial charge in [-0.15, -0.1) is 11.3 Å². The van der Waals surface area contributed by atoms with Crippen molar-refractivity contribution in [3.63, 3.8) is 0 Å². The number of hydrogen-bond acceptors (Lipinski definition) is 6. The van der Waals surface area contributed by atoms with Crippen LogP contribution in [0.15, 0.2) is 46.2 Å². The third-order valence-electron chi connectivity index (χ3n) is 4.80. The van der Waals surface area contributed by atoms with Crippen molar-refractivity contribution in [1.29, 1.82) is 0 Å². The first kappa shape index (κ1) is 17.1. The molecular weight excluding hydrogens is 346 g/mol. The number of aryl methyl sites for hydroxylation is 1. The van der Waals surface area contributed by atoms with E-state index < -0.39 is 0 Å². The Hall–Kier alpha value is -2.31. The smallest absolute Gasteiger partial charge is 0.236 e. The Bertz CT molecular complexity index is 852. The quantitative estimate of drug-likeness (QED) is 0.679. The van der Waals surface area contributed by atoms with Gasteiger partial charge in [0.15, 0.2) is 0 Å². The van der Waals surface area contributed by atoms with Gasteiger partial charge in [0.25, 0.3) is 0 Å². The highest BCUT2D eigenvalue weighted by Crippen LogP contribution is 2.29. The molecule has 4 rings (SSSR count). The molecule has 0 radical (unpaired) electrons. The maximum Gasteiger partial charge on any atom is 0.236 e. The molecule has 136 valence electrons. The molecule has 0 amide bonds. The number of anilines is 1. The van der Waals surface area contributed by atoms with Crippen LogP contribution in [0, 0.1) is 6.92 Å². The lowest BCUT2D eigenvalue weighted by atomic mass is 10.2. The molecule has 0 aliphatic carbocycles. The van der Waals surface area contributed by atoms with Crippen molar-refractivity contribution in [3.05, 3.63) is 53.2 Å². The van der Waals surface area contributed by atoms with E-state index in [-0.39, 0.29) is 0 Å². The molecule has 2 aromatic heterocycles. The standard InChI is InChI=1S/C20H23N3O2S/c1-15-16(21-20(25-15)19-8-5-13-26-19)14-22-9-11-23(12-10-22)17-6-3-4-7-18(17)24-2/h3-8,13H,9-12,14H2,1-2H3. The van der Waals surface area contributed by atoms with Gasteiger partial charge < -0.3 is 14.1 Å². The van der Waals surface area contributed by atoms with Crippen LogP contribution in [0.1, 0.15) is 11.5 Å². The fourth-order valence-electron chi connectivity index (χ4n) is 3.33. The van der Waals surface area contributed by atoms with Gasteiger partial charge in [0.2, 0.25) is 5.89 Å². The molecule has 0 N–H and O–H groups in total. The van der Waals surface area contributed by atoms with Crippen molar-refractivity contribution < 1.29 is 9.15 Å². The van der Waals surface area contributed by atoms with Crippen molar-refractivity contribution in [2.45, 2.75) is 13.5 Å². The number of benzene rings is 1. The summed E-state index contributed by atoms with van der Waals surface area (Å²) in [5, 5.41) is 2.05. The van der Waals surface area contributed by atoms with E-state index in [4.69, 9.17) is 14.1 Å². The molecule has 5 nitrogen and oxygen atoms in total. The van der Waals surface area contributed by atoms with Gasteiger partial charge in [0, 0.05) is 32.7 Å². The second kappa shape index (κ2) is 7.51. The van der Waals surface area contributed by atoms with Gasteiger partial charge in [0.1, 0.15) is 11.5 Å². The van der Waals surface area contributed by atoms with Crippen LogP contribution in [0.5, 0.6) is 5.75 Å². The molecule has 0 saturated carbocycles. The molecule has 3 heterocycles. The zero-order valence-electron chi connectivity index (χ0n) is 15.1. The van der Waals surface area contributed by atoms with Gasteiger partial charge >= 0.3 is 0 Å². The monoisotopic (exact) mass is 369 g/mol. The summed E-state index contributed by atoms with van der Waals surface area (Å²) in [7, 11) is 1.73. The van der Waals surface area contributed by atoms with Crippen LogP contribution < -0.4 is 9.64 Å². The molecule has 0 bridgehead atoms. The van der Waals surface area contributed by atoms with Crippen LogP contribution in [0.25, 0.3) is 10.8 Å². The zero-order valence-corrected chi connectivity index (χ0v) is 16.0. The minimum atomic E-state index is 0.736. The maximum atomic E-state index is 5.87. The van der Waals surface area contributed by atoms with E-state index in [0.717, 1.165) is 60.7 Å². The molecule has 1 fully saturated rings. The van der Waals surface area contributed by atoms with Crippen molar-refractivity contribution in [2.75, 3.05) is 38.2 Å². The lowest BCUT2D eigenvalue weighted by molar-refractivity contribution is 0.245. The van der Waals surface area contributed by atoms with Crippen LogP contribution in [0.2, 0.25) is 0 Å². The zero-order chi connectivity index (χ0) is 17.9. The number of thiophene rings is 1. The highest BCUT2D eigenvalue weighted by Gasteiger charge is 2.22. The molecule has 1 saturated heterocycles. The summed E-state index contributed by atoms with van der Waals surface area (Å²) in [5.41, 5.74) is 2.21. The minimum absolute atomic E-state index is 0.736. The second-order valence-electron chi connectivity index (χ2n) is 6.43. The predicted molar refractivity (Wildman–Crippen MR) is 105 cm³/mol. The van der Waals surface area contributed by atoms with Crippen molar-refractivity contribution in [2.24, 2.45) is 0 Å². The molecule has 1 aliphatic heterocycles. The Morgan fingerprint density at radius 1 is 1.12 bits per heavy atom. The van der Waals surface area contributed by atoms with E-state index in [9.17, 15) is 0 Å². The Morgan fingerprint density at radius 3 is 2.65 bits per heavy atom. The Kier molecular flexibility index (Phi) is 4.95. The highest BCUT2D eigenvalue weighted by molar-refractivity contribution is 7.13. The molecule has 3 aromatic rings. The van der Waals surface area contributed by atoms with Crippen LogP contribution >= 0.6 is 11.3 Å². The Balaban J connectivity index is 1.40. The summed E-state index contributed by atoms with van der Waals surface area (Å²) in [4.78, 5) is 10.6. The SMILES string of the molecule is COc1ccccc1N1CCN(Cc2nc(-c3cccs3)oc2C)CC1. The first-order chi connectivity index (χ1) is 12.7. The second-order valence-corrected chi connectivity index (χ2v) is 7.38. The average Bonchev–Trinajstić information content (AvgIpc) is 3.33. The van der Waals surface area contributed by atoms with E-state index in [1.165, 1.54) is 5.69 Å². The fourth-order valence-corrected chi connectivity index (χ4v) is 3.98. The van der Waals surface area contributed by atoms with Crippen LogP contribution in [0.4, 0.5) is 5.69 Å². The highest BCUT2D eigenvalue weighted by atomic mass is 32.1. The molecule has 0 atom stereocenters. The van der Waals surface area contributed by atoms with E-state index in [1.54, 1.807) is 18.4 Å². The average molecular weight is 369 g/mol. The predicted octanol–water partition coefficient (Wildman–Crippen LogP) is 4.04. The largest absolute Gasteiger partial charge is 0.495 e. The third-order valence-corrected chi connectivity index (χ3v) is 5.65. The number of piperazine rings is 1. The van der Waals surface area contributed by atoms with Crippen LogP contribution in [0.3, 0.4) is 0 Å². The minimum Gasteiger partial charge on any atom is -0.495 e. The third kappa shape index (κ3) is 3.48. The lowest BCUT2D eigenvalue weighted by Gasteiger charge is -2.36. The van der Waals surface area contributed by atoms with Crippen molar-refractivity contribution >= 4 is 17.0 Å². The van der Waals surface area contributed by atoms with Crippen molar-refractivity contribution in [1.82, 2.24) is 9.88 Å². The molecule has 1 aromatic carbocycles. The number of methoxy groups -OCH3 is 1. The molecule has 26 heavy (non-hydrogen) atoms. The van der Waals surface area contributed by atoms with Gasteiger partial charge in [-0.05, 0) is 30.5 Å². The van der Waals surface area contributed by atoms with E-state index >= 15 is 0 Å². The number of hydrogen-bond donors (Lipinski definition) is 0. The normalized spacial score (nSPS) is 15.4. The Morgan fingerprint density at radius 2 is 1.92 bits per heavy atom. The van der Waals surface area contributed by atoms with Crippen molar-refractivity contribution in [3.8, 4) is 16.5 Å². The van der Waals surface area contributed by atoms with Gasteiger partial charge in [-0.3, -0.25) is 4.90 Å². The molecule has 1 aliphatic rings. The van der Waals surface area contributed by atoms with Crippen LogP contribution in [-0.4, -0.2) is 43.2 Å². The summed E-state index contributed by atoms with van der Waals surface area (Å²) >= 11 is 1.66. The lowest BCUT2D eigenvalue weighted by Crippen LogP contribution is -2.46. The van der Waals surface area contributed by atoms with E-state index in [0.29, 0.717) is 0 Å². The first-order valence-electron chi connectivity index (χ1n) is 8.85. The maximum absolute atomic E-state index is 5.87. The van der Waals surface area contributed by atoms with E-state index in [2.05, 4.69) is 21.9 Å². The molecule has 6 heteroatoms. The number of ether oxygens (including phenoxy) is 1. The number of nitrogens with zero attached hydrogens (tertiary/aromatic N) is 3. The van der Waals surface area contributed by atoms with Gasteiger partial charge in [0.05, 0.1) is 23.4 Å².